The molecule has 0 N–H and O–H groups in total. The Labute approximate surface area is 34.9 Å². The highest BCUT2D eigenvalue weighted by atomic mass is 32.2. The SMILES string of the molecule is CC[SH](C)#N. The van der Waals surface area contributed by atoms with Crippen molar-refractivity contribution in [2.45, 2.75) is 6.92 Å². The zero-order valence-electron chi connectivity index (χ0n) is 3.60. The third kappa shape index (κ3) is 4.06. The molecule has 0 rings (SSSR count). The Kier molecular flexibility index (Phi) is 2.33. The Balaban J connectivity index is 2.97. The van der Waals surface area contributed by atoms with Crippen LogP contribution in [0.25, 0.3) is 0 Å². The van der Waals surface area contributed by atoms with Crippen LogP contribution in [0, 0.1) is 4.61 Å². The first-order valence-corrected chi connectivity index (χ1v) is 3.60. The smallest absolute Gasteiger partial charge is 0.00211 e. The molecule has 0 spiro atoms. The maximum absolute atomic E-state index is 8.43. The van der Waals surface area contributed by atoms with E-state index in [9.17, 15) is 0 Å². The number of rotatable bonds is 0. The third-order valence-electron chi connectivity index (χ3n) is 0.458. The molecule has 32 valence electrons. The van der Waals surface area contributed by atoms with Crippen LogP contribution in [0.1, 0.15) is 6.92 Å². The summed E-state index contributed by atoms with van der Waals surface area (Å²) in [5, 5.41) is 0. The van der Waals surface area contributed by atoms with Gasteiger partial charge in [-0.1, -0.05) is 17.4 Å². The van der Waals surface area contributed by atoms with Crippen molar-refractivity contribution in [1.82, 2.24) is 0 Å². The predicted molar refractivity (Wildman–Crippen MR) is 27.2 cm³/mol. The van der Waals surface area contributed by atoms with Crippen molar-refractivity contribution in [3.05, 3.63) is 0 Å². The Morgan fingerprint density at radius 2 is 2.00 bits per heavy atom. The van der Waals surface area contributed by atoms with Crippen molar-refractivity contribution in [2.24, 2.45) is 0 Å². The van der Waals surface area contributed by atoms with Gasteiger partial charge in [0.2, 0.25) is 0 Å². The molecule has 0 aromatic heterocycles. The molecule has 0 radical (unpaired) electrons. The van der Waals surface area contributed by atoms with E-state index in [0.29, 0.717) is 0 Å². The van der Waals surface area contributed by atoms with Crippen molar-refractivity contribution < 1.29 is 0 Å². The first kappa shape index (κ1) is 5.06. The highest BCUT2D eigenvalue weighted by Gasteiger charge is 1.65. The average Bonchev–Trinajstić information content (AvgIpc) is 1.38. The molecule has 0 aromatic rings. The van der Waals surface area contributed by atoms with Crippen molar-refractivity contribution in [1.29, 1.82) is 4.61 Å². The van der Waals surface area contributed by atoms with E-state index in [4.69, 9.17) is 4.61 Å². The summed E-state index contributed by atoms with van der Waals surface area (Å²) in [5.74, 6) is 0.926. The molecular weight excluding hydrogens is 82.1 g/mol. The van der Waals surface area contributed by atoms with Crippen LogP contribution >= 0.6 is 10.5 Å². The molecule has 0 saturated carbocycles. The fourth-order valence-corrected chi connectivity index (χ4v) is 0. The van der Waals surface area contributed by atoms with E-state index < -0.39 is 10.5 Å². The summed E-state index contributed by atoms with van der Waals surface area (Å²) in [6.45, 7) is 1.98. The number of nitrogens with zero attached hydrogens (tertiary/aromatic N) is 1. The molecular formula is C3H9NS. The first-order chi connectivity index (χ1) is 2.27. The van der Waals surface area contributed by atoms with E-state index in [1.54, 1.807) is 0 Å². The average molecular weight is 91.2 g/mol. The highest BCUT2D eigenvalue weighted by molar-refractivity contribution is 8.03. The van der Waals surface area contributed by atoms with Crippen molar-refractivity contribution in [3.63, 3.8) is 0 Å². The molecule has 5 heavy (non-hydrogen) atoms. The molecule has 0 fully saturated rings. The predicted octanol–water partition coefficient (Wildman–Crippen LogP) is 1.12. The van der Waals surface area contributed by atoms with Gasteiger partial charge in [0, 0.05) is 5.75 Å². The Bertz CT molecular complexity index is 68.7. The lowest BCUT2D eigenvalue weighted by Gasteiger charge is -1.74. The second-order valence-corrected chi connectivity index (χ2v) is 2.92. The van der Waals surface area contributed by atoms with Crippen molar-refractivity contribution >= 4 is 10.5 Å². The largest absolute Gasteiger partial charge is 0.234 e. The summed E-state index contributed by atoms with van der Waals surface area (Å²) in [6, 6.07) is 0. The molecule has 0 bridgehead atoms. The molecule has 1 nitrogen and oxygen atoms in total. The zero-order valence-corrected chi connectivity index (χ0v) is 4.50. The third-order valence-corrected chi connectivity index (χ3v) is 1.37. The highest BCUT2D eigenvalue weighted by Crippen LogP contribution is 1.93. The van der Waals surface area contributed by atoms with Crippen LogP contribution in [0.2, 0.25) is 0 Å². The van der Waals surface area contributed by atoms with Crippen LogP contribution in [0.4, 0.5) is 0 Å². The minimum atomic E-state index is -0.598. The summed E-state index contributed by atoms with van der Waals surface area (Å²) in [7, 11) is -0.598. The summed E-state index contributed by atoms with van der Waals surface area (Å²) in [6.07, 6.45) is 1.84. The second kappa shape index (κ2) is 2.31. The molecule has 0 aromatic carbocycles. The van der Waals surface area contributed by atoms with Gasteiger partial charge < -0.3 is 0 Å². The lowest BCUT2D eigenvalue weighted by molar-refractivity contribution is 1.50. The van der Waals surface area contributed by atoms with Crippen LogP contribution in [0.3, 0.4) is 0 Å². The van der Waals surface area contributed by atoms with Gasteiger partial charge in [0.15, 0.2) is 0 Å². The summed E-state index contributed by atoms with van der Waals surface area (Å²) in [4.78, 5) is 0. The monoisotopic (exact) mass is 91.0 g/mol. The van der Waals surface area contributed by atoms with Gasteiger partial charge >= 0.3 is 0 Å². The van der Waals surface area contributed by atoms with Gasteiger partial charge in [-0.05, 0) is 6.26 Å². The lowest BCUT2D eigenvalue weighted by Crippen LogP contribution is -1.57. The summed E-state index contributed by atoms with van der Waals surface area (Å²) >= 11 is 0. The molecule has 1 atom stereocenters. The van der Waals surface area contributed by atoms with E-state index >= 15 is 0 Å². The maximum atomic E-state index is 8.43. The minimum Gasteiger partial charge on any atom is -0.234 e. The van der Waals surface area contributed by atoms with Gasteiger partial charge in [-0.25, -0.2) is 4.61 Å². The van der Waals surface area contributed by atoms with E-state index in [0.717, 1.165) is 5.75 Å². The molecule has 0 amide bonds. The molecule has 0 aliphatic rings. The van der Waals surface area contributed by atoms with E-state index in [-0.39, 0.29) is 0 Å². The van der Waals surface area contributed by atoms with Gasteiger partial charge in [0.25, 0.3) is 0 Å². The zero-order chi connectivity index (χ0) is 4.28. The maximum Gasteiger partial charge on any atom is 0.00211 e. The number of thiol groups is 1. The van der Waals surface area contributed by atoms with Crippen LogP contribution < -0.4 is 0 Å². The molecule has 0 saturated heterocycles. The minimum absolute atomic E-state index is 0.598. The Hall–Kier alpha value is 0.0600. The topological polar surface area (TPSA) is 23.8 Å². The lowest BCUT2D eigenvalue weighted by atomic mass is 11.0. The second-order valence-electron chi connectivity index (χ2n) is 0.974. The number of hydrogen-bond acceptors (Lipinski definition) is 1. The van der Waals surface area contributed by atoms with Gasteiger partial charge in [-0.3, -0.25) is 0 Å². The van der Waals surface area contributed by atoms with E-state index in [1.165, 1.54) is 0 Å². The van der Waals surface area contributed by atoms with Crippen molar-refractivity contribution in [3.8, 4) is 0 Å². The van der Waals surface area contributed by atoms with Crippen LogP contribution in [-0.4, -0.2) is 12.0 Å². The normalized spacial score (nSPS) is 14.6. The molecule has 2 heteroatoms. The molecule has 0 heterocycles. The van der Waals surface area contributed by atoms with Crippen LogP contribution in [-0.2, 0) is 0 Å². The van der Waals surface area contributed by atoms with Crippen LogP contribution in [0.5, 0.6) is 0 Å². The Morgan fingerprint density at radius 3 is 2.00 bits per heavy atom. The standard InChI is InChI=1S/C3H9NS/c1-3-5(2)4/h5H,3H2,1-2H3. The summed E-state index contributed by atoms with van der Waals surface area (Å²) < 4.78 is 8.43. The first-order valence-electron chi connectivity index (χ1n) is 1.67. The fraction of sp³-hybridized carbons (Fsp3) is 1.00. The fourth-order valence-electron chi connectivity index (χ4n) is 0. The van der Waals surface area contributed by atoms with Gasteiger partial charge in [-0.15, -0.1) is 0 Å². The molecule has 0 aliphatic carbocycles. The van der Waals surface area contributed by atoms with Gasteiger partial charge in [-0.2, -0.15) is 0 Å². The van der Waals surface area contributed by atoms with E-state index in [2.05, 4.69) is 0 Å². The van der Waals surface area contributed by atoms with Gasteiger partial charge in [0.05, 0.1) is 0 Å². The van der Waals surface area contributed by atoms with Gasteiger partial charge in [0.1, 0.15) is 0 Å². The quantitative estimate of drug-likeness (QED) is 0.444. The molecule has 0 aliphatic heterocycles. The van der Waals surface area contributed by atoms with Crippen LogP contribution in [0.15, 0.2) is 0 Å². The Morgan fingerprint density at radius 1 is 1.80 bits per heavy atom. The van der Waals surface area contributed by atoms with E-state index in [1.807, 2.05) is 13.2 Å². The van der Waals surface area contributed by atoms with Crippen molar-refractivity contribution in [2.75, 3.05) is 12.0 Å². The number of hydrogen-bond donors (Lipinski definition) is 1. The molecule has 1 unspecified atom stereocenters. The summed E-state index contributed by atoms with van der Waals surface area (Å²) in [5.41, 5.74) is 0.